The molecule has 0 radical (unpaired) electrons. The number of rotatable bonds is 6. The fourth-order valence-electron chi connectivity index (χ4n) is 4.29. The molecule has 2 aromatic carbocycles. The van der Waals surface area contributed by atoms with E-state index in [1.807, 2.05) is 0 Å². The molecule has 1 aliphatic rings. The smallest absolute Gasteiger partial charge is 0.320 e. The lowest BCUT2D eigenvalue weighted by molar-refractivity contribution is -0.171. The molecule has 36 heavy (non-hydrogen) atoms. The highest BCUT2D eigenvalue weighted by atomic mass is 19.4. The number of anilines is 2. The van der Waals surface area contributed by atoms with Crippen molar-refractivity contribution >= 4 is 33.8 Å². The summed E-state index contributed by atoms with van der Waals surface area (Å²) in [7, 11) is 0. The quantitative estimate of drug-likeness (QED) is 0.271. The van der Waals surface area contributed by atoms with Crippen LogP contribution in [0.25, 0.3) is 22.3 Å². The van der Waals surface area contributed by atoms with Crippen LogP contribution in [0, 0.1) is 17.0 Å². The molecule has 1 aliphatic carbocycles. The number of aromatic nitrogens is 4. The molecule has 4 aromatic rings. The minimum Gasteiger partial charge on any atom is -0.320 e. The molecule has 0 atom stereocenters. The summed E-state index contributed by atoms with van der Waals surface area (Å²) in [5.74, 6) is -2.85. The van der Waals surface area contributed by atoms with E-state index in [-0.39, 0.29) is 41.0 Å². The van der Waals surface area contributed by atoms with Gasteiger partial charge < -0.3 is 4.90 Å². The number of fused-ring (bicyclic) bond motifs is 3. The van der Waals surface area contributed by atoms with Gasteiger partial charge in [0.15, 0.2) is 11.6 Å². The number of halogens is 7. The minimum atomic E-state index is -4.40. The van der Waals surface area contributed by atoms with Crippen molar-refractivity contribution in [3.05, 3.63) is 66.0 Å². The molecule has 12 heteroatoms. The van der Waals surface area contributed by atoms with Gasteiger partial charge in [-0.2, -0.15) is 18.2 Å². The summed E-state index contributed by atoms with van der Waals surface area (Å²) in [6.07, 6.45) is -4.98. The van der Waals surface area contributed by atoms with Gasteiger partial charge in [0.05, 0.1) is 22.9 Å². The maximum atomic E-state index is 15.0. The molecule has 2 aromatic heterocycles. The van der Waals surface area contributed by atoms with Crippen LogP contribution in [0.2, 0.25) is 0 Å². The molecule has 0 unspecified atom stereocenters. The van der Waals surface area contributed by atoms with Crippen LogP contribution < -0.4 is 4.90 Å². The normalized spacial score (nSPS) is 15.8. The largest absolute Gasteiger partial charge is 0.397 e. The van der Waals surface area contributed by atoms with Gasteiger partial charge in [0.1, 0.15) is 12.1 Å². The summed E-state index contributed by atoms with van der Waals surface area (Å²) in [5.41, 5.74) is -1.01. The molecule has 0 bridgehead atoms. The predicted octanol–water partition coefficient (Wildman–Crippen LogP) is 6.70. The third-order valence-corrected chi connectivity index (χ3v) is 6.33. The monoisotopic (exact) mass is 509 g/mol. The molecule has 0 amide bonds. The number of alkyl halides is 5. The highest BCUT2D eigenvalue weighted by Gasteiger charge is 2.61. The lowest BCUT2D eigenvalue weighted by Gasteiger charge is -2.26. The zero-order valence-corrected chi connectivity index (χ0v) is 18.7. The second kappa shape index (κ2) is 8.45. The van der Waals surface area contributed by atoms with Crippen molar-refractivity contribution < 1.29 is 30.7 Å². The average Bonchev–Trinajstić information content (AvgIpc) is 3.47. The lowest BCUT2D eigenvalue weighted by atomic mass is 9.98. The van der Waals surface area contributed by atoms with Gasteiger partial charge in [-0.05, 0) is 55.2 Å². The standard InChI is InChI=1S/C24H18F7N5/c1-13(10-23(7-8-23)24(29,30)31)14-3-2-4-15(9-14)35(11-18(26)27)21-19-17(6-5-16(25)20(19)28)36-12-32-34-22(36)33-21/h2-6,9-10,12,18H,7-8,11H2,1H3/b13-10+. The second-order valence-electron chi connectivity index (χ2n) is 8.73. The summed E-state index contributed by atoms with van der Waals surface area (Å²) in [4.78, 5) is 5.18. The Labute approximate surface area is 199 Å². The van der Waals surface area contributed by atoms with Crippen LogP contribution in [0.4, 0.5) is 42.2 Å². The van der Waals surface area contributed by atoms with Crippen LogP contribution in [0.1, 0.15) is 25.3 Å². The van der Waals surface area contributed by atoms with E-state index in [1.165, 1.54) is 41.9 Å². The van der Waals surface area contributed by atoms with Crippen molar-refractivity contribution in [3.8, 4) is 0 Å². The van der Waals surface area contributed by atoms with Crippen molar-refractivity contribution in [1.29, 1.82) is 0 Å². The van der Waals surface area contributed by atoms with E-state index < -0.39 is 36.2 Å². The Morgan fingerprint density at radius 1 is 1.17 bits per heavy atom. The maximum absolute atomic E-state index is 15.0. The van der Waals surface area contributed by atoms with Gasteiger partial charge in [0.25, 0.3) is 12.2 Å². The first kappa shape index (κ1) is 24.0. The van der Waals surface area contributed by atoms with Crippen molar-refractivity contribution in [2.45, 2.75) is 32.4 Å². The SMILES string of the molecule is C/C(=C\C1(C(F)(F)F)CC1)c1cccc(N(CC(F)F)c2nc3nncn3c3ccc(F)c(F)c23)c1. The van der Waals surface area contributed by atoms with Crippen LogP contribution in [0.15, 0.2) is 48.8 Å². The van der Waals surface area contributed by atoms with Crippen LogP contribution in [0.3, 0.4) is 0 Å². The topological polar surface area (TPSA) is 46.3 Å². The minimum absolute atomic E-state index is 0.0237. The van der Waals surface area contributed by atoms with Gasteiger partial charge in [-0.3, -0.25) is 4.40 Å². The number of nitrogens with zero attached hydrogens (tertiary/aromatic N) is 5. The second-order valence-corrected chi connectivity index (χ2v) is 8.73. The highest BCUT2D eigenvalue weighted by Crippen LogP contribution is 2.59. The first-order valence-corrected chi connectivity index (χ1v) is 10.9. The van der Waals surface area contributed by atoms with Gasteiger partial charge in [-0.1, -0.05) is 18.2 Å². The van der Waals surface area contributed by atoms with Crippen LogP contribution in [0.5, 0.6) is 0 Å². The molecule has 0 N–H and O–H groups in total. The highest BCUT2D eigenvalue weighted by molar-refractivity contribution is 5.94. The first-order chi connectivity index (χ1) is 17.0. The van der Waals surface area contributed by atoms with Gasteiger partial charge in [-0.25, -0.2) is 17.6 Å². The maximum Gasteiger partial charge on any atom is 0.397 e. The number of hydrogen-bond acceptors (Lipinski definition) is 4. The zero-order valence-electron chi connectivity index (χ0n) is 18.7. The Balaban J connectivity index is 1.68. The third-order valence-electron chi connectivity index (χ3n) is 6.33. The molecule has 1 fully saturated rings. The molecule has 1 saturated carbocycles. The molecule has 0 spiro atoms. The molecule has 2 heterocycles. The average molecular weight is 509 g/mol. The molecule has 188 valence electrons. The fourth-order valence-corrected chi connectivity index (χ4v) is 4.29. The number of benzene rings is 2. The fraction of sp³-hybridized carbons (Fsp3) is 0.292. The third kappa shape index (κ3) is 4.03. The summed E-state index contributed by atoms with van der Waals surface area (Å²) in [5, 5.41) is 7.15. The number of allylic oxidation sites excluding steroid dienone is 2. The Kier molecular flexibility index (Phi) is 5.64. The Bertz CT molecular complexity index is 1490. The van der Waals surface area contributed by atoms with Crippen molar-refractivity contribution in [2.75, 3.05) is 11.4 Å². The van der Waals surface area contributed by atoms with Crippen LogP contribution >= 0.6 is 0 Å². The van der Waals surface area contributed by atoms with Gasteiger partial charge in [0, 0.05) is 5.69 Å². The van der Waals surface area contributed by atoms with E-state index in [2.05, 4.69) is 15.2 Å². The molecule has 0 aliphatic heterocycles. The summed E-state index contributed by atoms with van der Waals surface area (Å²) >= 11 is 0. The summed E-state index contributed by atoms with van der Waals surface area (Å²) in [6.45, 7) is 0.564. The van der Waals surface area contributed by atoms with Gasteiger partial charge in [-0.15, -0.1) is 10.2 Å². The van der Waals surface area contributed by atoms with Crippen molar-refractivity contribution in [2.24, 2.45) is 5.41 Å². The van der Waals surface area contributed by atoms with E-state index >= 15 is 4.39 Å². The molecular formula is C24H18F7N5. The summed E-state index contributed by atoms with van der Waals surface area (Å²) in [6, 6.07) is 8.04. The lowest BCUT2D eigenvalue weighted by Crippen LogP contribution is -2.26. The van der Waals surface area contributed by atoms with Crippen LogP contribution in [-0.4, -0.2) is 38.7 Å². The molecule has 5 nitrogen and oxygen atoms in total. The molecule has 5 rings (SSSR count). The Morgan fingerprint density at radius 3 is 2.58 bits per heavy atom. The Morgan fingerprint density at radius 2 is 1.92 bits per heavy atom. The van der Waals surface area contributed by atoms with Gasteiger partial charge >= 0.3 is 6.18 Å². The van der Waals surface area contributed by atoms with E-state index in [9.17, 15) is 26.3 Å². The van der Waals surface area contributed by atoms with E-state index in [4.69, 9.17) is 0 Å². The van der Waals surface area contributed by atoms with E-state index in [0.717, 1.165) is 17.0 Å². The number of hydrogen-bond donors (Lipinski definition) is 0. The van der Waals surface area contributed by atoms with E-state index in [1.54, 1.807) is 6.07 Å². The van der Waals surface area contributed by atoms with E-state index in [0.29, 0.717) is 11.1 Å². The molecular weight excluding hydrogens is 491 g/mol. The zero-order chi connectivity index (χ0) is 25.8. The van der Waals surface area contributed by atoms with Crippen molar-refractivity contribution in [3.63, 3.8) is 0 Å². The van der Waals surface area contributed by atoms with Crippen LogP contribution in [-0.2, 0) is 0 Å². The first-order valence-electron chi connectivity index (χ1n) is 10.9. The van der Waals surface area contributed by atoms with Crippen molar-refractivity contribution in [1.82, 2.24) is 19.6 Å². The van der Waals surface area contributed by atoms with Gasteiger partial charge in [0.2, 0.25) is 0 Å². The Hall–Kier alpha value is -3.70. The molecule has 0 saturated heterocycles. The predicted molar refractivity (Wildman–Crippen MR) is 119 cm³/mol. The summed E-state index contributed by atoms with van der Waals surface area (Å²) < 4.78 is 98.2.